The molecule has 0 aliphatic carbocycles. The highest BCUT2D eigenvalue weighted by Crippen LogP contribution is 2.36. The zero-order chi connectivity index (χ0) is 11.7. The molecule has 4 nitrogen and oxygen atoms in total. The molecule has 1 aromatic heterocycles. The van der Waals surface area contributed by atoms with Crippen molar-refractivity contribution in [2.75, 3.05) is 6.79 Å². The molecule has 0 saturated carbocycles. The van der Waals surface area contributed by atoms with Crippen LogP contribution in [0.15, 0.2) is 41.1 Å². The quantitative estimate of drug-likeness (QED) is 0.851. The van der Waals surface area contributed by atoms with E-state index in [2.05, 4.69) is 20.9 Å². The Morgan fingerprint density at radius 3 is 2.82 bits per heavy atom. The first-order valence-electron chi connectivity index (χ1n) is 4.99. The van der Waals surface area contributed by atoms with Crippen LogP contribution in [0.1, 0.15) is 0 Å². The van der Waals surface area contributed by atoms with Crippen LogP contribution >= 0.6 is 15.9 Å². The highest BCUT2D eigenvalue weighted by molar-refractivity contribution is 9.10. The highest BCUT2D eigenvalue weighted by atomic mass is 79.9. The topological polar surface area (TPSA) is 40.6 Å². The molecule has 0 bridgehead atoms. The van der Waals surface area contributed by atoms with E-state index in [9.17, 15) is 0 Å². The fourth-order valence-corrected chi connectivity index (χ4v) is 1.87. The minimum atomic E-state index is 0.261. The van der Waals surface area contributed by atoms with Crippen molar-refractivity contribution in [2.45, 2.75) is 0 Å². The Morgan fingerprint density at radius 1 is 1.06 bits per heavy atom. The SMILES string of the molecule is Brc1cncc(Oc2ccc3c(c2)OCO3)c1. The van der Waals surface area contributed by atoms with Gasteiger partial charge in [0.15, 0.2) is 11.5 Å². The van der Waals surface area contributed by atoms with E-state index in [1.54, 1.807) is 18.5 Å². The van der Waals surface area contributed by atoms with E-state index >= 15 is 0 Å². The Balaban J connectivity index is 1.86. The molecule has 0 spiro atoms. The van der Waals surface area contributed by atoms with Gasteiger partial charge in [0, 0.05) is 16.7 Å². The molecule has 0 radical (unpaired) electrons. The molecule has 0 amide bonds. The number of fused-ring (bicyclic) bond motifs is 1. The third kappa shape index (κ3) is 2.19. The lowest BCUT2D eigenvalue weighted by Gasteiger charge is -2.06. The van der Waals surface area contributed by atoms with Gasteiger partial charge in [-0.25, -0.2) is 0 Å². The standard InChI is InChI=1S/C12H8BrNO3/c13-8-3-10(6-14-5-8)17-9-1-2-11-12(4-9)16-7-15-11/h1-6H,7H2. The molecule has 2 heterocycles. The fourth-order valence-electron chi connectivity index (χ4n) is 1.52. The molecule has 0 atom stereocenters. The van der Waals surface area contributed by atoms with Gasteiger partial charge in [0.25, 0.3) is 0 Å². The molecule has 0 N–H and O–H groups in total. The summed E-state index contributed by atoms with van der Waals surface area (Å²) in [5.41, 5.74) is 0. The van der Waals surface area contributed by atoms with E-state index in [4.69, 9.17) is 14.2 Å². The summed E-state index contributed by atoms with van der Waals surface area (Å²) in [5.74, 6) is 2.79. The molecule has 1 aliphatic heterocycles. The van der Waals surface area contributed by atoms with Crippen molar-refractivity contribution in [3.63, 3.8) is 0 Å². The van der Waals surface area contributed by atoms with Gasteiger partial charge in [0.05, 0.1) is 6.20 Å². The summed E-state index contributed by atoms with van der Waals surface area (Å²) in [7, 11) is 0. The van der Waals surface area contributed by atoms with E-state index < -0.39 is 0 Å². The second kappa shape index (κ2) is 4.25. The number of rotatable bonds is 2. The molecule has 5 heteroatoms. The van der Waals surface area contributed by atoms with Gasteiger partial charge in [-0.2, -0.15) is 0 Å². The van der Waals surface area contributed by atoms with Crippen LogP contribution in [-0.4, -0.2) is 11.8 Å². The average Bonchev–Trinajstić information content (AvgIpc) is 2.76. The van der Waals surface area contributed by atoms with Crippen molar-refractivity contribution in [1.82, 2.24) is 4.98 Å². The normalized spacial score (nSPS) is 12.5. The van der Waals surface area contributed by atoms with Crippen molar-refractivity contribution in [2.24, 2.45) is 0 Å². The first-order valence-corrected chi connectivity index (χ1v) is 5.78. The first-order chi connectivity index (χ1) is 8.31. The Labute approximate surface area is 106 Å². The monoisotopic (exact) mass is 293 g/mol. The summed E-state index contributed by atoms with van der Waals surface area (Å²) in [6.45, 7) is 0.261. The molecule has 1 aromatic carbocycles. The number of aromatic nitrogens is 1. The van der Waals surface area contributed by atoms with E-state index in [0.29, 0.717) is 17.2 Å². The van der Waals surface area contributed by atoms with Crippen LogP contribution in [0, 0.1) is 0 Å². The van der Waals surface area contributed by atoms with E-state index in [1.807, 2.05) is 18.2 Å². The van der Waals surface area contributed by atoms with Crippen LogP contribution < -0.4 is 14.2 Å². The summed E-state index contributed by atoms with van der Waals surface area (Å²) in [4.78, 5) is 4.03. The van der Waals surface area contributed by atoms with Gasteiger partial charge in [0.2, 0.25) is 6.79 Å². The Morgan fingerprint density at radius 2 is 1.94 bits per heavy atom. The molecule has 1 aliphatic rings. The van der Waals surface area contributed by atoms with Gasteiger partial charge in [-0.3, -0.25) is 4.98 Å². The lowest BCUT2D eigenvalue weighted by molar-refractivity contribution is 0.174. The summed E-state index contributed by atoms with van der Waals surface area (Å²) in [6, 6.07) is 7.29. The third-order valence-corrected chi connectivity index (χ3v) is 2.69. The number of hydrogen-bond acceptors (Lipinski definition) is 4. The maximum absolute atomic E-state index is 5.66. The fraction of sp³-hybridized carbons (Fsp3) is 0.0833. The zero-order valence-corrected chi connectivity index (χ0v) is 10.3. The maximum atomic E-state index is 5.66. The van der Waals surface area contributed by atoms with Crippen molar-refractivity contribution >= 4 is 15.9 Å². The molecule has 86 valence electrons. The minimum Gasteiger partial charge on any atom is -0.456 e. The second-order valence-corrected chi connectivity index (χ2v) is 4.37. The van der Waals surface area contributed by atoms with Crippen molar-refractivity contribution < 1.29 is 14.2 Å². The molecule has 2 aromatic rings. The average molecular weight is 294 g/mol. The Bertz CT molecular complexity index is 559. The summed E-state index contributed by atoms with van der Waals surface area (Å²) in [6.07, 6.45) is 3.35. The van der Waals surface area contributed by atoms with Gasteiger partial charge >= 0.3 is 0 Å². The van der Waals surface area contributed by atoms with Crippen molar-refractivity contribution in [3.8, 4) is 23.0 Å². The van der Waals surface area contributed by atoms with Gasteiger partial charge in [0.1, 0.15) is 11.5 Å². The first kappa shape index (κ1) is 10.4. The van der Waals surface area contributed by atoms with Crippen molar-refractivity contribution in [3.05, 3.63) is 41.1 Å². The molecular weight excluding hydrogens is 286 g/mol. The smallest absolute Gasteiger partial charge is 0.231 e. The van der Waals surface area contributed by atoms with Crippen LogP contribution in [0.4, 0.5) is 0 Å². The number of halogens is 1. The number of pyridine rings is 1. The van der Waals surface area contributed by atoms with Crippen LogP contribution in [0.2, 0.25) is 0 Å². The van der Waals surface area contributed by atoms with E-state index in [0.717, 1.165) is 10.2 Å². The van der Waals surface area contributed by atoms with Crippen molar-refractivity contribution in [1.29, 1.82) is 0 Å². The van der Waals surface area contributed by atoms with Crippen LogP contribution in [0.3, 0.4) is 0 Å². The summed E-state index contributed by atoms with van der Waals surface area (Å²) < 4.78 is 17.0. The minimum absolute atomic E-state index is 0.261. The molecule has 0 fully saturated rings. The highest BCUT2D eigenvalue weighted by Gasteiger charge is 2.13. The van der Waals surface area contributed by atoms with Gasteiger partial charge < -0.3 is 14.2 Å². The number of nitrogens with zero attached hydrogens (tertiary/aromatic N) is 1. The Kier molecular flexibility index (Phi) is 2.60. The molecular formula is C12H8BrNO3. The zero-order valence-electron chi connectivity index (χ0n) is 8.72. The lowest BCUT2D eigenvalue weighted by atomic mass is 10.3. The molecule has 17 heavy (non-hydrogen) atoms. The number of benzene rings is 1. The number of ether oxygens (including phenoxy) is 3. The largest absolute Gasteiger partial charge is 0.456 e. The second-order valence-electron chi connectivity index (χ2n) is 3.46. The predicted octanol–water partition coefficient (Wildman–Crippen LogP) is 3.37. The van der Waals surface area contributed by atoms with E-state index in [1.165, 1.54) is 0 Å². The van der Waals surface area contributed by atoms with Crippen LogP contribution in [-0.2, 0) is 0 Å². The molecule has 0 unspecified atom stereocenters. The summed E-state index contributed by atoms with van der Waals surface area (Å²) >= 11 is 3.34. The van der Waals surface area contributed by atoms with Gasteiger partial charge in [-0.15, -0.1) is 0 Å². The lowest BCUT2D eigenvalue weighted by Crippen LogP contribution is -1.92. The van der Waals surface area contributed by atoms with E-state index in [-0.39, 0.29) is 6.79 Å². The molecule has 3 rings (SSSR count). The molecule has 0 saturated heterocycles. The van der Waals surface area contributed by atoms with Gasteiger partial charge in [-0.05, 0) is 34.1 Å². The third-order valence-electron chi connectivity index (χ3n) is 2.26. The number of hydrogen-bond donors (Lipinski definition) is 0. The van der Waals surface area contributed by atoms with Crippen LogP contribution in [0.5, 0.6) is 23.0 Å². The predicted molar refractivity (Wildman–Crippen MR) is 64.6 cm³/mol. The van der Waals surface area contributed by atoms with Crippen LogP contribution in [0.25, 0.3) is 0 Å². The maximum Gasteiger partial charge on any atom is 0.231 e. The summed E-state index contributed by atoms with van der Waals surface area (Å²) in [5, 5.41) is 0. The Hall–Kier alpha value is -1.75. The van der Waals surface area contributed by atoms with Gasteiger partial charge in [-0.1, -0.05) is 0 Å².